The predicted molar refractivity (Wildman–Crippen MR) is 66.5 cm³/mol. The second kappa shape index (κ2) is 4.69. The number of carbonyl (C=O) groups excluding carboxylic acids is 1. The minimum absolute atomic E-state index is 0.0705. The van der Waals surface area contributed by atoms with E-state index in [9.17, 15) is 4.79 Å². The van der Waals surface area contributed by atoms with Crippen LogP contribution < -0.4 is 5.32 Å². The number of nitrogens with one attached hydrogen (secondary N) is 1. The van der Waals surface area contributed by atoms with Gasteiger partial charge in [0.15, 0.2) is 0 Å². The zero-order valence-corrected chi connectivity index (χ0v) is 9.99. The molecule has 0 aliphatic carbocycles. The van der Waals surface area contributed by atoms with Crippen LogP contribution in [-0.4, -0.2) is 5.91 Å². The molecule has 2 rings (SSSR count). The Morgan fingerprint density at radius 1 is 1.25 bits per heavy atom. The zero-order chi connectivity index (χ0) is 11.5. The lowest BCUT2D eigenvalue weighted by Gasteiger charge is -2.16. The Morgan fingerprint density at radius 3 is 2.62 bits per heavy atom. The molecule has 0 aromatic heterocycles. The van der Waals surface area contributed by atoms with Crippen molar-refractivity contribution in [3.8, 4) is 0 Å². The summed E-state index contributed by atoms with van der Waals surface area (Å²) >= 11 is 0. The molecule has 0 bridgehead atoms. The third-order valence-electron chi connectivity index (χ3n) is 3.63. The summed E-state index contributed by atoms with van der Waals surface area (Å²) < 4.78 is 0. The lowest BCUT2D eigenvalue weighted by Crippen LogP contribution is -2.15. The van der Waals surface area contributed by atoms with Gasteiger partial charge in [-0.25, -0.2) is 0 Å². The molecule has 16 heavy (non-hydrogen) atoms. The number of para-hydroxylation sites is 1. The van der Waals surface area contributed by atoms with E-state index in [1.54, 1.807) is 0 Å². The summed E-state index contributed by atoms with van der Waals surface area (Å²) in [6, 6.07) is 8.04. The molecule has 86 valence electrons. The average molecular weight is 217 g/mol. The van der Waals surface area contributed by atoms with Gasteiger partial charge in [-0.3, -0.25) is 4.79 Å². The van der Waals surface area contributed by atoms with Crippen LogP contribution in [-0.2, 0) is 4.79 Å². The second-order valence-corrected chi connectivity index (χ2v) is 4.55. The fourth-order valence-electron chi connectivity index (χ4n) is 2.47. The van der Waals surface area contributed by atoms with Crippen LogP contribution in [0.15, 0.2) is 24.3 Å². The first kappa shape index (κ1) is 11.2. The van der Waals surface area contributed by atoms with E-state index in [4.69, 9.17) is 0 Å². The van der Waals surface area contributed by atoms with Gasteiger partial charge in [0.1, 0.15) is 0 Å². The number of amides is 1. The van der Waals surface area contributed by atoms with Gasteiger partial charge in [-0.05, 0) is 24.0 Å². The van der Waals surface area contributed by atoms with Crippen LogP contribution in [0, 0.1) is 5.92 Å². The maximum absolute atomic E-state index is 11.9. The van der Waals surface area contributed by atoms with Crippen LogP contribution in [0.3, 0.4) is 0 Å². The monoisotopic (exact) mass is 217 g/mol. The van der Waals surface area contributed by atoms with E-state index in [0.29, 0.717) is 5.92 Å². The van der Waals surface area contributed by atoms with Gasteiger partial charge in [0.05, 0.1) is 5.92 Å². The molecule has 0 saturated carbocycles. The smallest absolute Gasteiger partial charge is 0.232 e. The molecule has 1 unspecified atom stereocenters. The fraction of sp³-hybridized carbons (Fsp3) is 0.500. The molecule has 1 aromatic carbocycles. The molecular weight excluding hydrogens is 198 g/mol. The average Bonchev–Trinajstić information content (AvgIpc) is 2.62. The number of anilines is 1. The van der Waals surface area contributed by atoms with Crippen LogP contribution in [0.25, 0.3) is 0 Å². The second-order valence-electron chi connectivity index (χ2n) is 4.55. The molecule has 0 fully saturated rings. The highest BCUT2D eigenvalue weighted by Gasteiger charge is 2.31. The standard InChI is InChI=1S/C14H19NO/c1-3-10(4-2)9-12-11-7-5-6-8-13(11)15-14(12)16/h5-8,10,12H,3-4,9H2,1-2H3,(H,15,16). The van der Waals surface area contributed by atoms with Gasteiger partial charge in [-0.15, -0.1) is 0 Å². The normalized spacial score (nSPS) is 18.7. The van der Waals surface area contributed by atoms with Gasteiger partial charge >= 0.3 is 0 Å². The summed E-state index contributed by atoms with van der Waals surface area (Å²) in [5, 5.41) is 2.96. The summed E-state index contributed by atoms with van der Waals surface area (Å²) in [7, 11) is 0. The van der Waals surface area contributed by atoms with Crippen LogP contribution >= 0.6 is 0 Å². The minimum Gasteiger partial charge on any atom is -0.325 e. The van der Waals surface area contributed by atoms with Crippen molar-refractivity contribution in [3.05, 3.63) is 29.8 Å². The quantitative estimate of drug-likeness (QED) is 0.821. The van der Waals surface area contributed by atoms with Gasteiger partial charge in [-0.1, -0.05) is 44.9 Å². The highest BCUT2D eigenvalue weighted by atomic mass is 16.2. The first-order chi connectivity index (χ1) is 7.76. The minimum atomic E-state index is 0.0705. The van der Waals surface area contributed by atoms with Gasteiger partial charge in [-0.2, -0.15) is 0 Å². The van der Waals surface area contributed by atoms with E-state index < -0.39 is 0 Å². The Morgan fingerprint density at radius 2 is 1.94 bits per heavy atom. The Balaban J connectivity index is 2.19. The molecule has 1 heterocycles. The molecule has 2 nitrogen and oxygen atoms in total. The number of carbonyl (C=O) groups is 1. The van der Waals surface area contributed by atoms with Crippen molar-refractivity contribution in [3.63, 3.8) is 0 Å². The topological polar surface area (TPSA) is 29.1 Å². The molecule has 0 saturated heterocycles. The highest BCUT2D eigenvalue weighted by Crippen LogP contribution is 2.37. The first-order valence-electron chi connectivity index (χ1n) is 6.16. The summed E-state index contributed by atoms with van der Waals surface area (Å²) in [5.74, 6) is 0.899. The van der Waals surface area contributed by atoms with E-state index >= 15 is 0 Å². The van der Waals surface area contributed by atoms with E-state index in [2.05, 4.69) is 25.2 Å². The van der Waals surface area contributed by atoms with Crippen LogP contribution in [0.5, 0.6) is 0 Å². The molecule has 1 aliphatic rings. The SMILES string of the molecule is CCC(CC)CC1C(=O)Nc2ccccc21. The summed E-state index contributed by atoms with van der Waals surface area (Å²) in [5.41, 5.74) is 2.18. The predicted octanol–water partition coefficient (Wildman–Crippen LogP) is 3.55. The molecule has 1 N–H and O–H groups in total. The van der Waals surface area contributed by atoms with Gasteiger partial charge in [0.2, 0.25) is 5.91 Å². The summed E-state index contributed by atoms with van der Waals surface area (Å²) in [6.07, 6.45) is 3.29. The lowest BCUT2D eigenvalue weighted by atomic mass is 9.87. The maximum Gasteiger partial charge on any atom is 0.232 e. The Bertz CT molecular complexity index is 382. The molecule has 1 atom stereocenters. The third kappa shape index (κ3) is 1.97. The van der Waals surface area contributed by atoms with Crippen molar-refractivity contribution in [2.45, 2.75) is 39.0 Å². The van der Waals surface area contributed by atoms with Crippen molar-refractivity contribution in [2.24, 2.45) is 5.92 Å². The fourth-order valence-corrected chi connectivity index (χ4v) is 2.47. The van der Waals surface area contributed by atoms with Crippen LogP contribution in [0.4, 0.5) is 5.69 Å². The molecule has 0 spiro atoms. The molecule has 2 heteroatoms. The van der Waals surface area contributed by atoms with E-state index in [0.717, 1.165) is 24.9 Å². The number of benzene rings is 1. The Kier molecular flexibility index (Phi) is 3.28. The van der Waals surface area contributed by atoms with Crippen molar-refractivity contribution in [1.82, 2.24) is 0 Å². The number of hydrogen-bond donors (Lipinski definition) is 1. The van der Waals surface area contributed by atoms with Crippen molar-refractivity contribution < 1.29 is 4.79 Å². The van der Waals surface area contributed by atoms with E-state index in [1.807, 2.05) is 18.2 Å². The van der Waals surface area contributed by atoms with Gasteiger partial charge < -0.3 is 5.32 Å². The molecule has 1 amide bonds. The van der Waals surface area contributed by atoms with Crippen molar-refractivity contribution in [1.29, 1.82) is 0 Å². The first-order valence-corrected chi connectivity index (χ1v) is 6.16. The Hall–Kier alpha value is -1.31. The van der Waals surface area contributed by atoms with E-state index in [-0.39, 0.29) is 11.8 Å². The largest absolute Gasteiger partial charge is 0.325 e. The van der Waals surface area contributed by atoms with E-state index in [1.165, 1.54) is 5.56 Å². The zero-order valence-electron chi connectivity index (χ0n) is 9.99. The summed E-state index contributed by atoms with van der Waals surface area (Å²) in [6.45, 7) is 4.40. The number of hydrogen-bond acceptors (Lipinski definition) is 1. The van der Waals surface area contributed by atoms with Gasteiger partial charge in [0, 0.05) is 5.69 Å². The highest BCUT2D eigenvalue weighted by molar-refractivity contribution is 6.02. The van der Waals surface area contributed by atoms with Gasteiger partial charge in [0.25, 0.3) is 0 Å². The molecule has 0 radical (unpaired) electrons. The number of rotatable bonds is 4. The third-order valence-corrected chi connectivity index (χ3v) is 3.63. The van der Waals surface area contributed by atoms with Crippen LogP contribution in [0.2, 0.25) is 0 Å². The maximum atomic E-state index is 11.9. The molecular formula is C14H19NO. The van der Waals surface area contributed by atoms with Crippen LogP contribution in [0.1, 0.15) is 44.6 Å². The summed E-state index contributed by atoms with van der Waals surface area (Å²) in [4.78, 5) is 11.9. The lowest BCUT2D eigenvalue weighted by molar-refractivity contribution is -0.117. The molecule has 1 aromatic rings. The number of fused-ring (bicyclic) bond motifs is 1. The Labute approximate surface area is 97.1 Å². The van der Waals surface area contributed by atoms with Crippen molar-refractivity contribution in [2.75, 3.05) is 5.32 Å². The van der Waals surface area contributed by atoms with Crippen molar-refractivity contribution >= 4 is 11.6 Å². The molecule has 1 aliphatic heterocycles.